The summed E-state index contributed by atoms with van der Waals surface area (Å²) in [6.07, 6.45) is 6.27. The first-order valence-corrected chi connectivity index (χ1v) is 12.1. The number of sulfonamides is 1. The molecule has 1 amide bonds. The van der Waals surface area contributed by atoms with Crippen molar-refractivity contribution < 1.29 is 13.2 Å². The predicted molar refractivity (Wildman–Crippen MR) is 119 cm³/mol. The molecular formula is C21H25ClN4O3S. The Labute approximate surface area is 182 Å². The molecule has 0 radical (unpaired) electrons. The van der Waals surface area contributed by atoms with Crippen LogP contribution in [0.25, 0.3) is 0 Å². The van der Waals surface area contributed by atoms with Crippen LogP contribution in [0.2, 0.25) is 5.02 Å². The summed E-state index contributed by atoms with van der Waals surface area (Å²) in [7, 11) is -3.22. The van der Waals surface area contributed by atoms with E-state index in [0.717, 1.165) is 24.1 Å². The molecule has 1 saturated heterocycles. The topological polar surface area (TPSA) is 82.6 Å². The van der Waals surface area contributed by atoms with E-state index in [4.69, 9.17) is 11.6 Å². The lowest BCUT2D eigenvalue weighted by atomic mass is 9.93. The molecule has 2 aromatic rings. The zero-order chi connectivity index (χ0) is 21.7. The van der Waals surface area contributed by atoms with Crippen LogP contribution < -0.4 is 10.2 Å². The maximum absolute atomic E-state index is 13.1. The smallest absolute Gasteiger partial charge is 0.259 e. The average Bonchev–Trinajstić information content (AvgIpc) is 2.87. The Morgan fingerprint density at radius 2 is 2.00 bits per heavy atom. The van der Waals surface area contributed by atoms with E-state index in [1.165, 1.54) is 10.6 Å². The first-order valence-electron chi connectivity index (χ1n) is 9.88. The molecule has 2 aliphatic rings. The maximum Gasteiger partial charge on any atom is 0.259 e. The van der Waals surface area contributed by atoms with E-state index in [0.29, 0.717) is 29.4 Å². The minimum atomic E-state index is -3.22. The van der Waals surface area contributed by atoms with Crippen molar-refractivity contribution in [1.29, 1.82) is 0 Å². The largest absolute Gasteiger partial charge is 0.380 e. The van der Waals surface area contributed by atoms with Crippen molar-refractivity contribution in [3.63, 3.8) is 0 Å². The van der Waals surface area contributed by atoms with E-state index in [1.54, 1.807) is 29.4 Å². The Morgan fingerprint density at radius 1 is 1.23 bits per heavy atom. The molecular weight excluding hydrogens is 424 g/mol. The Hall–Kier alpha value is -2.16. The number of hydrogen-bond acceptors (Lipinski definition) is 5. The number of hydrogen-bond donors (Lipinski definition) is 1. The van der Waals surface area contributed by atoms with E-state index >= 15 is 0 Å². The highest BCUT2D eigenvalue weighted by Crippen LogP contribution is 2.43. The van der Waals surface area contributed by atoms with Crippen molar-refractivity contribution in [3.8, 4) is 0 Å². The summed E-state index contributed by atoms with van der Waals surface area (Å²) in [5.41, 5.74) is 2.38. The van der Waals surface area contributed by atoms with E-state index in [9.17, 15) is 13.2 Å². The molecule has 7 nitrogen and oxygen atoms in total. The van der Waals surface area contributed by atoms with Crippen LogP contribution >= 0.6 is 11.6 Å². The SMILES string of the molecule is CC1(C)c2cc(Cl)ccc2C(=O)N1c1cncc(NC2CCCN(S(C)(=O)=O)C2)c1. The zero-order valence-electron chi connectivity index (χ0n) is 17.2. The van der Waals surface area contributed by atoms with Gasteiger partial charge in [-0.2, -0.15) is 0 Å². The molecule has 1 unspecified atom stereocenters. The van der Waals surface area contributed by atoms with Crippen molar-refractivity contribution in [3.05, 3.63) is 52.8 Å². The number of carbonyl (C=O) groups excluding carboxylic acids is 1. The number of rotatable bonds is 4. The monoisotopic (exact) mass is 448 g/mol. The molecule has 1 fully saturated rings. The number of fused-ring (bicyclic) bond motifs is 1. The lowest BCUT2D eigenvalue weighted by molar-refractivity contribution is 0.0982. The second kappa shape index (κ2) is 7.51. The van der Waals surface area contributed by atoms with Crippen LogP contribution in [0, 0.1) is 0 Å². The minimum Gasteiger partial charge on any atom is -0.380 e. The second-order valence-corrected chi connectivity index (χ2v) is 10.8. The summed E-state index contributed by atoms with van der Waals surface area (Å²) in [6, 6.07) is 7.21. The Morgan fingerprint density at radius 3 is 2.73 bits per heavy atom. The van der Waals surface area contributed by atoms with Crippen LogP contribution in [0.15, 0.2) is 36.7 Å². The van der Waals surface area contributed by atoms with Crippen LogP contribution in [-0.4, -0.2) is 49.0 Å². The van der Waals surface area contributed by atoms with Gasteiger partial charge in [0.25, 0.3) is 5.91 Å². The van der Waals surface area contributed by atoms with Crippen LogP contribution in [-0.2, 0) is 15.6 Å². The van der Waals surface area contributed by atoms with Gasteiger partial charge in [-0.25, -0.2) is 12.7 Å². The molecule has 4 rings (SSSR count). The van der Waals surface area contributed by atoms with Gasteiger partial charge in [-0.05, 0) is 56.5 Å². The van der Waals surface area contributed by atoms with E-state index in [-0.39, 0.29) is 11.9 Å². The lowest BCUT2D eigenvalue weighted by Gasteiger charge is -2.34. The number of carbonyl (C=O) groups is 1. The molecule has 160 valence electrons. The van der Waals surface area contributed by atoms with E-state index in [2.05, 4.69) is 10.3 Å². The number of anilines is 2. The van der Waals surface area contributed by atoms with Crippen LogP contribution in [0.5, 0.6) is 0 Å². The second-order valence-electron chi connectivity index (χ2n) is 8.43. The highest BCUT2D eigenvalue weighted by Gasteiger charge is 2.44. The number of halogens is 1. The fourth-order valence-corrected chi connectivity index (χ4v) is 5.45. The number of nitrogens with zero attached hydrogens (tertiary/aromatic N) is 3. The van der Waals surface area contributed by atoms with Gasteiger partial charge >= 0.3 is 0 Å². The summed E-state index contributed by atoms with van der Waals surface area (Å²) < 4.78 is 25.3. The third-order valence-corrected chi connectivity index (χ3v) is 7.34. The van der Waals surface area contributed by atoms with Crippen molar-refractivity contribution in [2.45, 2.75) is 38.3 Å². The lowest BCUT2D eigenvalue weighted by Crippen LogP contribution is -2.44. The van der Waals surface area contributed by atoms with Gasteiger partial charge in [-0.3, -0.25) is 14.7 Å². The third-order valence-electron chi connectivity index (χ3n) is 5.84. The molecule has 0 saturated carbocycles. The normalized spacial score (nSPS) is 21.5. The third kappa shape index (κ3) is 3.79. The van der Waals surface area contributed by atoms with Crippen LogP contribution in [0.4, 0.5) is 11.4 Å². The molecule has 1 N–H and O–H groups in total. The van der Waals surface area contributed by atoms with Crippen molar-refractivity contribution in [2.75, 3.05) is 29.6 Å². The Bertz CT molecular complexity index is 1100. The molecule has 30 heavy (non-hydrogen) atoms. The highest BCUT2D eigenvalue weighted by atomic mass is 35.5. The summed E-state index contributed by atoms with van der Waals surface area (Å²) >= 11 is 6.17. The van der Waals surface area contributed by atoms with Crippen molar-refractivity contribution >= 4 is 38.9 Å². The van der Waals surface area contributed by atoms with E-state index < -0.39 is 15.6 Å². The van der Waals surface area contributed by atoms with Crippen LogP contribution in [0.3, 0.4) is 0 Å². The maximum atomic E-state index is 13.1. The summed E-state index contributed by atoms with van der Waals surface area (Å²) in [5, 5.41) is 3.99. The molecule has 3 heterocycles. The van der Waals surface area contributed by atoms with Gasteiger partial charge in [-0.1, -0.05) is 11.6 Å². The van der Waals surface area contributed by atoms with Crippen LogP contribution in [0.1, 0.15) is 42.6 Å². The average molecular weight is 449 g/mol. The fourth-order valence-electron chi connectivity index (χ4n) is 4.37. The number of benzene rings is 1. The summed E-state index contributed by atoms with van der Waals surface area (Å²) in [6.45, 7) is 4.93. The Kier molecular flexibility index (Phi) is 5.28. The first kappa shape index (κ1) is 21.1. The van der Waals surface area contributed by atoms with Gasteiger partial charge in [0.05, 0.1) is 35.6 Å². The molecule has 2 aliphatic heterocycles. The quantitative estimate of drug-likeness (QED) is 0.774. The Balaban J connectivity index is 1.59. The number of pyridine rings is 1. The number of aromatic nitrogens is 1. The number of amides is 1. The van der Waals surface area contributed by atoms with Gasteiger partial charge in [0, 0.05) is 29.7 Å². The van der Waals surface area contributed by atoms with E-state index in [1.807, 2.05) is 26.0 Å². The van der Waals surface area contributed by atoms with Crippen molar-refractivity contribution in [1.82, 2.24) is 9.29 Å². The van der Waals surface area contributed by atoms with Crippen molar-refractivity contribution in [2.24, 2.45) is 0 Å². The minimum absolute atomic E-state index is 0.0104. The van der Waals surface area contributed by atoms with Gasteiger partial charge in [0.15, 0.2) is 0 Å². The number of piperidine rings is 1. The molecule has 1 atom stereocenters. The molecule has 1 aromatic heterocycles. The molecule has 0 bridgehead atoms. The molecule has 0 spiro atoms. The molecule has 1 aromatic carbocycles. The zero-order valence-corrected chi connectivity index (χ0v) is 18.8. The van der Waals surface area contributed by atoms with Gasteiger partial charge in [0.1, 0.15) is 0 Å². The summed E-state index contributed by atoms with van der Waals surface area (Å²) in [4.78, 5) is 19.2. The first-order chi connectivity index (χ1) is 14.1. The number of nitrogens with one attached hydrogen (secondary N) is 1. The fraction of sp³-hybridized carbons (Fsp3) is 0.429. The van der Waals surface area contributed by atoms with Gasteiger partial charge in [-0.15, -0.1) is 0 Å². The standard InChI is InChI=1S/C21H25ClN4O3S/c1-21(2)19-9-14(22)6-7-18(19)20(27)26(21)17-10-16(11-23-12-17)24-15-5-4-8-25(13-15)30(3,28)29/h6-7,9-12,15,24H,4-5,8,13H2,1-3H3. The predicted octanol–water partition coefficient (Wildman–Crippen LogP) is 3.47. The molecule has 0 aliphatic carbocycles. The highest BCUT2D eigenvalue weighted by molar-refractivity contribution is 7.88. The summed E-state index contributed by atoms with van der Waals surface area (Å²) in [5.74, 6) is -0.0912. The van der Waals surface area contributed by atoms with Gasteiger partial charge < -0.3 is 5.32 Å². The molecule has 9 heteroatoms. The van der Waals surface area contributed by atoms with Gasteiger partial charge in [0.2, 0.25) is 10.0 Å².